The second-order valence-corrected chi connectivity index (χ2v) is 14.7. The number of benzene rings is 7. The van der Waals surface area contributed by atoms with E-state index < -0.39 is 0 Å². The fourth-order valence-electron chi connectivity index (χ4n) is 7.47. The zero-order valence-corrected chi connectivity index (χ0v) is 30.6. The molecule has 262 valence electrons. The highest BCUT2D eigenvalue weighted by Gasteiger charge is 2.21. The summed E-state index contributed by atoms with van der Waals surface area (Å²) in [5.74, 6) is 2.44. The molecule has 7 heteroatoms. The number of hydrogen-bond donors (Lipinski definition) is 0. The van der Waals surface area contributed by atoms with Crippen molar-refractivity contribution in [2.45, 2.75) is 0 Å². The summed E-state index contributed by atoms with van der Waals surface area (Å²) in [6, 6.07) is 59.9. The van der Waals surface area contributed by atoms with Crippen molar-refractivity contribution >= 4 is 53.6 Å². The molecular weight excluding hydrogens is 707 g/mol. The van der Waals surface area contributed by atoms with E-state index in [0.29, 0.717) is 23.3 Å². The predicted molar refractivity (Wildman–Crippen MR) is 228 cm³/mol. The molecule has 0 bridgehead atoms. The molecule has 0 amide bonds. The molecule has 0 atom stereocenters. The van der Waals surface area contributed by atoms with E-state index in [4.69, 9.17) is 29.3 Å². The first kappa shape index (κ1) is 32.1. The molecule has 0 unspecified atom stereocenters. The average Bonchev–Trinajstić information content (AvgIpc) is 3.85. The maximum atomic E-state index is 6.60. The van der Waals surface area contributed by atoms with Gasteiger partial charge in [-0.1, -0.05) is 146 Å². The van der Waals surface area contributed by atoms with Crippen LogP contribution in [-0.2, 0) is 0 Å². The molecule has 0 saturated carbocycles. The molecule has 0 radical (unpaired) electrons. The van der Waals surface area contributed by atoms with Crippen LogP contribution in [0.1, 0.15) is 0 Å². The summed E-state index contributed by atoms with van der Waals surface area (Å²) in [7, 11) is 0. The highest BCUT2D eigenvalue weighted by atomic mass is 32.1. The van der Waals surface area contributed by atoms with E-state index in [1.807, 2.05) is 84.9 Å². The van der Waals surface area contributed by atoms with Gasteiger partial charge in [0.25, 0.3) is 0 Å². The topological polar surface area (TPSA) is 77.6 Å². The Hall–Kier alpha value is -7.35. The molecule has 6 nitrogen and oxygen atoms in total. The Morgan fingerprint density at radius 2 is 0.982 bits per heavy atom. The maximum Gasteiger partial charge on any atom is 0.164 e. The number of fused-ring (bicyclic) bond motifs is 6. The van der Waals surface area contributed by atoms with E-state index in [-0.39, 0.29) is 0 Å². The van der Waals surface area contributed by atoms with E-state index >= 15 is 0 Å². The van der Waals surface area contributed by atoms with Gasteiger partial charge in [0.2, 0.25) is 0 Å². The Balaban J connectivity index is 1.09. The van der Waals surface area contributed by atoms with Gasteiger partial charge in [-0.25, -0.2) is 24.9 Å². The van der Waals surface area contributed by atoms with Crippen molar-refractivity contribution in [1.82, 2.24) is 24.9 Å². The van der Waals surface area contributed by atoms with Gasteiger partial charge in [-0.05, 0) is 41.5 Å². The summed E-state index contributed by atoms with van der Waals surface area (Å²) in [5.41, 5.74) is 10.3. The quantitative estimate of drug-likeness (QED) is 0.169. The van der Waals surface area contributed by atoms with E-state index in [2.05, 4.69) is 91.0 Å². The van der Waals surface area contributed by atoms with Crippen molar-refractivity contribution in [2.24, 2.45) is 0 Å². The van der Waals surface area contributed by atoms with Crippen molar-refractivity contribution in [3.63, 3.8) is 0 Å². The van der Waals surface area contributed by atoms with E-state index in [0.717, 1.165) is 82.2 Å². The number of rotatable bonds is 6. The van der Waals surface area contributed by atoms with Gasteiger partial charge in [0, 0.05) is 48.7 Å². The molecule has 0 spiro atoms. The SMILES string of the molecule is c1ccc(-c2cccc(-c3nc(-c4cccc5oc6cc(-c7nc(-c8ccccc8)nc(-c8ccccc8)n7)ccc6c45)nc4c3sc3ccccc34)c2)cc1. The molecule has 0 N–H and O–H groups in total. The molecule has 4 heterocycles. The first-order valence-corrected chi connectivity index (χ1v) is 19.2. The average molecular weight is 736 g/mol. The largest absolute Gasteiger partial charge is 0.456 e. The minimum absolute atomic E-state index is 0.570. The first-order valence-electron chi connectivity index (χ1n) is 18.4. The lowest BCUT2D eigenvalue weighted by molar-refractivity contribution is 0.669. The Morgan fingerprint density at radius 3 is 1.71 bits per heavy atom. The van der Waals surface area contributed by atoms with E-state index in [1.165, 1.54) is 4.70 Å². The smallest absolute Gasteiger partial charge is 0.164 e. The molecule has 0 aliphatic heterocycles. The maximum absolute atomic E-state index is 6.60. The third-order valence-corrected chi connectivity index (χ3v) is 11.3. The Kier molecular flexibility index (Phi) is 7.57. The van der Waals surface area contributed by atoms with E-state index in [1.54, 1.807) is 11.3 Å². The van der Waals surface area contributed by atoms with Crippen LogP contribution in [0.5, 0.6) is 0 Å². The lowest BCUT2D eigenvalue weighted by Crippen LogP contribution is -2.00. The van der Waals surface area contributed by atoms with Crippen LogP contribution < -0.4 is 0 Å². The van der Waals surface area contributed by atoms with E-state index in [9.17, 15) is 0 Å². The van der Waals surface area contributed by atoms with Gasteiger partial charge in [-0.3, -0.25) is 0 Å². The molecule has 11 aromatic rings. The third kappa shape index (κ3) is 5.52. The Bertz CT molecular complexity index is 3190. The fourth-order valence-corrected chi connectivity index (χ4v) is 8.63. The fraction of sp³-hybridized carbons (Fsp3) is 0. The summed E-state index contributed by atoms with van der Waals surface area (Å²) in [4.78, 5) is 25.5. The standard InChI is InChI=1S/C49H29N5OS/c1-4-14-30(15-5-1)33-20-12-21-34(28-33)43-45-44(37-22-10-11-25-41(37)56-45)51-49(50-43)38-23-13-24-39-42(38)36-27-26-35(29-40(36)55-39)48-53-46(31-16-6-2-7-17-31)52-47(54-48)32-18-8-3-9-19-32/h1-29H. The summed E-state index contributed by atoms with van der Waals surface area (Å²) in [6.07, 6.45) is 0. The molecule has 11 rings (SSSR count). The third-order valence-electron chi connectivity index (χ3n) is 10.2. The zero-order chi connectivity index (χ0) is 37.0. The summed E-state index contributed by atoms with van der Waals surface area (Å²) in [5, 5.41) is 3.04. The number of aromatic nitrogens is 5. The van der Waals surface area contributed by atoms with Gasteiger partial charge < -0.3 is 4.42 Å². The molecule has 0 aliphatic carbocycles. The van der Waals surface area contributed by atoms with Gasteiger partial charge >= 0.3 is 0 Å². The molecule has 0 fully saturated rings. The molecule has 56 heavy (non-hydrogen) atoms. The summed E-state index contributed by atoms with van der Waals surface area (Å²) >= 11 is 1.74. The number of thiophene rings is 1. The molecule has 0 aliphatic rings. The number of hydrogen-bond acceptors (Lipinski definition) is 7. The molecule has 0 saturated heterocycles. The summed E-state index contributed by atoms with van der Waals surface area (Å²) in [6.45, 7) is 0. The van der Waals surface area contributed by atoms with Crippen LogP contribution in [0.2, 0.25) is 0 Å². The first-order chi connectivity index (χ1) is 27.7. The minimum Gasteiger partial charge on any atom is -0.456 e. The normalized spacial score (nSPS) is 11.6. The predicted octanol–water partition coefficient (Wildman–Crippen LogP) is 12.9. The second-order valence-electron chi connectivity index (χ2n) is 13.6. The highest BCUT2D eigenvalue weighted by Crippen LogP contribution is 2.42. The van der Waals surface area contributed by atoms with Gasteiger partial charge in [0.15, 0.2) is 23.3 Å². The zero-order valence-electron chi connectivity index (χ0n) is 29.8. The van der Waals surface area contributed by atoms with Crippen LogP contribution in [0.25, 0.3) is 110 Å². The highest BCUT2D eigenvalue weighted by molar-refractivity contribution is 7.26. The van der Waals surface area contributed by atoms with Crippen LogP contribution >= 0.6 is 11.3 Å². The Labute approximate surface area is 325 Å². The monoisotopic (exact) mass is 735 g/mol. The Morgan fingerprint density at radius 1 is 0.375 bits per heavy atom. The number of furan rings is 1. The molecular formula is C49H29N5OS. The van der Waals surface area contributed by atoms with Crippen LogP contribution in [0.3, 0.4) is 0 Å². The van der Waals surface area contributed by atoms with Crippen molar-refractivity contribution < 1.29 is 4.42 Å². The van der Waals surface area contributed by atoms with Crippen LogP contribution in [0.15, 0.2) is 180 Å². The number of nitrogens with zero attached hydrogens (tertiary/aromatic N) is 5. The summed E-state index contributed by atoms with van der Waals surface area (Å²) < 4.78 is 8.85. The van der Waals surface area contributed by atoms with Crippen LogP contribution in [0, 0.1) is 0 Å². The van der Waals surface area contributed by atoms with Gasteiger partial charge in [0.05, 0.1) is 15.9 Å². The molecule has 7 aromatic carbocycles. The van der Waals surface area contributed by atoms with Crippen molar-refractivity contribution in [1.29, 1.82) is 0 Å². The minimum atomic E-state index is 0.570. The van der Waals surface area contributed by atoms with Gasteiger partial charge in [-0.2, -0.15) is 0 Å². The van der Waals surface area contributed by atoms with Gasteiger partial charge in [0.1, 0.15) is 11.2 Å². The lowest BCUT2D eigenvalue weighted by atomic mass is 10.0. The lowest BCUT2D eigenvalue weighted by Gasteiger charge is -2.10. The van der Waals surface area contributed by atoms with Gasteiger partial charge in [-0.15, -0.1) is 11.3 Å². The van der Waals surface area contributed by atoms with Crippen molar-refractivity contribution in [3.05, 3.63) is 176 Å². The molecule has 4 aromatic heterocycles. The van der Waals surface area contributed by atoms with Crippen LogP contribution in [0.4, 0.5) is 0 Å². The van der Waals surface area contributed by atoms with Crippen LogP contribution in [-0.4, -0.2) is 24.9 Å². The van der Waals surface area contributed by atoms with Crippen molar-refractivity contribution in [3.8, 4) is 67.9 Å². The second kappa shape index (κ2) is 13.2. The van der Waals surface area contributed by atoms with Crippen molar-refractivity contribution in [2.75, 3.05) is 0 Å².